The monoisotopic (exact) mass is 905 g/mol. The second-order valence-corrected chi connectivity index (χ2v) is 18.7. The molecule has 66 heavy (non-hydrogen) atoms. The number of hydrogen-bond donors (Lipinski definition) is 0. The number of benzene rings is 12. The summed E-state index contributed by atoms with van der Waals surface area (Å²) in [5.41, 5.74) is 16.5. The van der Waals surface area contributed by atoms with Crippen LogP contribution in [0.5, 0.6) is 0 Å². The van der Waals surface area contributed by atoms with E-state index in [9.17, 15) is 0 Å². The van der Waals surface area contributed by atoms with Crippen molar-refractivity contribution in [3.63, 3.8) is 0 Å². The maximum atomic E-state index is 2.51. The van der Waals surface area contributed by atoms with Gasteiger partial charge in [-0.1, -0.05) is 194 Å². The summed E-state index contributed by atoms with van der Waals surface area (Å²) in [6, 6.07) is 83.1. The first-order chi connectivity index (χ1) is 32.1. The van der Waals surface area contributed by atoms with Crippen molar-refractivity contribution >= 4 is 64.6 Å². The Morgan fingerprint density at radius 2 is 0.591 bits per heavy atom. The fourth-order valence-corrected chi connectivity index (χ4v) is 12.1. The van der Waals surface area contributed by atoms with E-state index in [1.54, 1.807) is 0 Å². The second kappa shape index (κ2) is 15.1. The number of hydrogen-bond acceptors (Lipinski definition) is 0. The molecule has 0 bridgehead atoms. The van der Waals surface area contributed by atoms with Gasteiger partial charge >= 0.3 is 0 Å². The molecule has 1 nitrogen and oxygen atoms in total. The lowest BCUT2D eigenvalue weighted by Gasteiger charge is -2.39. The van der Waals surface area contributed by atoms with Gasteiger partial charge in [-0.25, -0.2) is 0 Å². The predicted molar refractivity (Wildman–Crippen MR) is 275 cm³/mol. The van der Waals surface area contributed by atoms with E-state index in [1.165, 1.54) is 131 Å². The van der Waals surface area contributed by atoms with Gasteiger partial charge in [-0.15, -0.1) is 0 Å². The summed E-state index contributed by atoms with van der Waals surface area (Å²) >= 11 is 0. The number of halogens is 1. The van der Waals surface area contributed by atoms with Crippen LogP contribution in [0.4, 0.5) is 0 Å². The average Bonchev–Trinajstić information content (AvgIpc) is 3.60. The Kier molecular flexibility index (Phi) is 8.94. The van der Waals surface area contributed by atoms with Gasteiger partial charge in [-0.2, -0.15) is 0 Å². The highest BCUT2D eigenvalue weighted by molar-refractivity contribution is 6.13. The summed E-state index contributed by atoms with van der Waals surface area (Å²) in [4.78, 5) is 0. The summed E-state index contributed by atoms with van der Waals surface area (Å²) in [6.07, 6.45) is 0. The quantitative estimate of drug-likeness (QED) is 0.152. The van der Waals surface area contributed by atoms with Crippen LogP contribution in [0, 0.1) is 0 Å². The molecule has 12 aromatic rings. The summed E-state index contributed by atoms with van der Waals surface area (Å²) < 4.78 is 0.856. The molecule has 2 heteroatoms. The Labute approximate surface area is 395 Å². The van der Waals surface area contributed by atoms with Crippen molar-refractivity contribution in [1.29, 1.82) is 0 Å². The minimum absolute atomic E-state index is 0. The van der Waals surface area contributed by atoms with Crippen LogP contribution in [-0.2, 0) is 26.2 Å². The largest absolute Gasteiger partial charge is 1.00 e. The maximum absolute atomic E-state index is 2.51. The van der Waals surface area contributed by atoms with Crippen LogP contribution in [0.25, 0.3) is 109 Å². The van der Waals surface area contributed by atoms with Crippen molar-refractivity contribution in [2.24, 2.45) is 0 Å². The molecule has 0 N–H and O–H groups in total. The third-order valence-electron chi connectivity index (χ3n) is 15.0. The molecule has 2 heterocycles. The highest BCUT2D eigenvalue weighted by Crippen LogP contribution is 2.53. The minimum atomic E-state index is 0. The molecule has 0 saturated heterocycles. The predicted octanol–water partition coefficient (Wildman–Crippen LogP) is 13.8. The Morgan fingerprint density at radius 3 is 1.02 bits per heavy atom. The van der Waals surface area contributed by atoms with Gasteiger partial charge in [0.25, 0.3) is 0 Å². The zero-order valence-electron chi connectivity index (χ0n) is 36.4. The third kappa shape index (κ3) is 6.02. The molecule has 0 unspecified atom stereocenters. The standard InChI is InChI=1S/C64H44N.BrH/c1-3-17-45-33-49(29-25-41(45)13-1)57-35-47-19-7-11-23-55(47)63-59(57)39-65(40-60-58(36-48-20-8-12-24-56(48)64(60)63)50-30-26-42-14-2-4-18-46(42)34-50)37-51-31-27-43-15-5-9-21-53(43)61(51)62-52(38-65)32-28-44-16-6-10-22-54(44)62;/h1-36H,37-40H2;1H/q+1;/p-1. The van der Waals surface area contributed by atoms with Crippen LogP contribution in [0.1, 0.15) is 22.3 Å². The first kappa shape index (κ1) is 39.0. The summed E-state index contributed by atoms with van der Waals surface area (Å²) in [5, 5.41) is 15.5. The molecule has 0 aliphatic carbocycles. The fourth-order valence-electron chi connectivity index (χ4n) is 12.1. The van der Waals surface area contributed by atoms with Gasteiger partial charge in [0.1, 0.15) is 26.2 Å². The Morgan fingerprint density at radius 1 is 0.258 bits per heavy atom. The van der Waals surface area contributed by atoms with Crippen LogP contribution < -0.4 is 17.0 Å². The lowest BCUT2D eigenvalue weighted by atomic mass is 9.82. The van der Waals surface area contributed by atoms with Crippen molar-refractivity contribution < 1.29 is 21.5 Å². The summed E-state index contributed by atoms with van der Waals surface area (Å²) in [6.45, 7) is 3.55. The highest BCUT2D eigenvalue weighted by Gasteiger charge is 2.41. The Bertz CT molecular complexity index is 3710. The first-order valence-corrected chi connectivity index (χ1v) is 23.1. The fraction of sp³-hybridized carbons (Fsp3) is 0.0625. The highest BCUT2D eigenvalue weighted by atomic mass is 79.9. The smallest absolute Gasteiger partial charge is 0.106 e. The van der Waals surface area contributed by atoms with Gasteiger partial charge in [-0.3, -0.25) is 0 Å². The van der Waals surface area contributed by atoms with Crippen LogP contribution in [0.15, 0.2) is 218 Å². The Hall–Kier alpha value is -7.36. The minimum Gasteiger partial charge on any atom is -1.00 e. The molecule has 0 amide bonds. The molecular weight excluding hydrogens is 863 g/mol. The molecule has 0 fully saturated rings. The number of fused-ring (bicyclic) bond motifs is 16. The van der Waals surface area contributed by atoms with Crippen molar-refractivity contribution in [3.8, 4) is 44.5 Å². The maximum Gasteiger partial charge on any atom is 0.106 e. The Balaban J connectivity index is 0.00000435. The van der Waals surface area contributed by atoms with E-state index < -0.39 is 0 Å². The molecule has 312 valence electrons. The third-order valence-corrected chi connectivity index (χ3v) is 15.0. The topological polar surface area (TPSA) is 0 Å². The van der Waals surface area contributed by atoms with E-state index in [4.69, 9.17) is 0 Å². The van der Waals surface area contributed by atoms with E-state index >= 15 is 0 Å². The lowest BCUT2D eigenvalue weighted by Crippen LogP contribution is -3.00. The molecule has 0 saturated carbocycles. The number of nitrogens with zero attached hydrogens (tertiary/aromatic N) is 1. The van der Waals surface area contributed by atoms with Crippen LogP contribution in [0.2, 0.25) is 0 Å². The molecule has 2 aliphatic heterocycles. The number of quaternary nitrogens is 1. The summed E-state index contributed by atoms with van der Waals surface area (Å²) in [5.74, 6) is 0. The molecule has 14 rings (SSSR count). The summed E-state index contributed by atoms with van der Waals surface area (Å²) in [7, 11) is 0. The van der Waals surface area contributed by atoms with E-state index in [-0.39, 0.29) is 17.0 Å². The molecular formula is C64H44BrN. The van der Waals surface area contributed by atoms with Crippen molar-refractivity contribution in [2.75, 3.05) is 0 Å². The first-order valence-electron chi connectivity index (χ1n) is 23.1. The van der Waals surface area contributed by atoms with Gasteiger partial charge in [0.2, 0.25) is 0 Å². The van der Waals surface area contributed by atoms with Crippen molar-refractivity contribution in [2.45, 2.75) is 26.2 Å². The SMILES string of the molecule is [Br-].c1ccc2cc(-c3cc4ccccc4c4c3C[N+]3(Cc5ccc6ccccc6c5-c5c(ccc6ccccc56)C3)Cc3c(-c5ccc6ccccc6c5)cc5ccccc5c3-4)ccc2c1. The van der Waals surface area contributed by atoms with E-state index in [0.717, 1.165) is 30.7 Å². The number of rotatable bonds is 2. The second-order valence-electron chi connectivity index (χ2n) is 18.7. The van der Waals surface area contributed by atoms with Crippen LogP contribution in [-0.4, -0.2) is 4.48 Å². The van der Waals surface area contributed by atoms with Crippen molar-refractivity contribution in [3.05, 3.63) is 241 Å². The molecule has 0 atom stereocenters. The average molecular weight is 907 g/mol. The molecule has 12 aromatic carbocycles. The zero-order chi connectivity index (χ0) is 42.6. The van der Waals surface area contributed by atoms with Gasteiger partial charge < -0.3 is 21.5 Å². The van der Waals surface area contributed by atoms with Gasteiger partial charge in [0.05, 0.1) is 0 Å². The van der Waals surface area contributed by atoms with Gasteiger partial charge in [-0.05, 0) is 122 Å². The van der Waals surface area contributed by atoms with E-state index in [2.05, 4.69) is 218 Å². The van der Waals surface area contributed by atoms with E-state index in [1.807, 2.05) is 0 Å². The molecule has 0 radical (unpaired) electrons. The van der Waals surface area contributed by atoms with Crippen molar-refractivity contribution in [1.82, 2.24) is 0 Å². The molecule has 1 spiro atoms. The molecule has 2 aliphatic rings. The zero-order valence-corrected chi connectivity index (χ0v) is 38.0. The van der Waals surface area contributed by atoms with Gasteiger partial charge in [0.15, 0.2) is 0 Å². The normalized spacial score (nSPS) is 13.8. The van der Waals surface area contributed by atoms with E-state index in [0.29, 0.717) is 0 Å². The van der Waals surface area contributed by atoms with Crippen LogP contribution in [0.3, 0.4) is 0 Å². The lowest BCUT2D eigenvalue weighted by molar-refractivity contribution is -0.977. The molecule has 0 aromatic heterocycles. The van der Waals surface area contributed by atoms with Gasteiger partial charge in [0, 0.05) is 33.4 Å². The van der Waals surface area contributed by atoms with Crippen LogP contribution >= 0.6 is 0 Å².